The van der Waals surface area contributed by atoms with Crippen molar-refractivity contribution >= 4 is 11.8 Å². The molecular formula is C19H24N4O3. The number of rotatable bonds is 3. The van der Waals surface area contributed by atoms with E-state index >= 15 is 0 Å². The van der Waals surface area contributed by atoms with Gasteiger partial charge in [0.1, 0.15) is 5.75 Å². The van der Waals surface area contributed by atoms with E-state index in [1.54, 1.807) is 25.3 Å². The van der Waals surface area contributed by atoms with Crippen LogP contribution in [0.1, 0.15) is 31.7 Å². The predicted molar refractivity (Wildman–Crippen MR) is 99.6 cm³/mol. The van der Waals surface area contributed by atoms with Crippen LogP contribution in [0.2, 0.25) is 0 Å². The van der Waals surface area contributed by atoms with Gasteiger partial charge in [0.15, 0.2) is 0 Å². The van der Waals surface area contributed by atoms with Crippen LogP contribution in [0.15, 0.2) is 41.5 Å². The van der Waals surface area contributed by atoms with Crippen LogP contribution in [0.3, 0.4) is 0 Å². The van der Waals surface area contributed by atoms with Crippen LogP contribution in [0.25, 0.3) is 0 Å². The molecule has 0 saturated carbocycles. The van der Waals surface area contributed by atoms with Crippen LogP contribution in [0.4, 0.5) is 10.6 Å². The Morgan fingerprint density at radius 3 is 2.88 bits per heavy atom. The molecule has 0 aliphatic carbocycles. The number of benzene rings is 1. The van der Waals surface area contributed by atoms with Gasteiger partial charge in [0, 0.05) is 37.4 Å². The van der Waals surface area contributed by atoms with E-state index < -0.39 is 5.54 Å². The van der Waals surface area contributed by atoms with Crippen LogP contribution in [0.5, 0.6) is 5.75 Å². The first-order valence-corrected chi connectivity index (χ1v) is 8.59. The predicted octanol–water partition coefficient (Wildman–Crippen LogP) is 2.59. The van der Waals surface area contributed by atoms with Gasteiger partial charge in [0.05, 0.1) is 7.11 Å². The van der Waals surface area contributed by atoms with Crippen LogP contribution in [-0.2, 0) is 7.05 Å². The van der Waals surface area contributed by atoms with Gasteiger partial charge in [0.25, 0.3) is 5.56 Å². The molecule has 1 aliphatic rings. The van der Waals surface area contributed by atoms with Crippen molar-refractivity contribution in [3.63, 3.8) is 0 Å². The van der Waals surface area contributed by atoms with Crippen molar-refractivity contribution in [1.29, 1.82) is 0 Å². The van der Waals surface area contributed by atoms with E-state index in [0.717, 1.165) is 17.7 Å². The van der Waals surface area contributed by atoms with Gasteiger partial charge >= 0.3 is 6.03 Å². The Kier molecular flexibility index (Phi) is 4.71. The fraction of sp³-hybridized carbons (Fsp3) is 0.421. The molecule has 1 unspecified atom stereocenters. The van der Waals surface area contributed by atoms with E-state index in [2.05, 4.69) is 16.4 Å². The number of methoxy groups -OCH3 is 1. The second-order valence-electron chi connectivity index (χ2n) is 7.05. The summed E-state index contributed by atoms with van der Waals surface area (Å²) in [6.07, 6.45) is 3.88. The number of aromatic nitrogens is 2. The Hall–Kier alpha value is -2.83. The molecule has 1 N–H and O–H groups in total. The van der Waals surface area contributed by atoms with Crippen molar-refractivity contribution in [2.45, 2.75) is 31.7 Å². The second kappa shape index (κ2) is 6.82. The van der Waals surface area contributed by atoms with Crippen molar-refractivity contribution in [3.8, 4) is 5.75 Å². The molecule has 1 saturated heterocycles. The van der Waals surface area contributed by atoms with E-state index in [1.807, 2.05) is 32.0 Å². The molecule has 1 fully saturated rings. The summed E-state index contributed by atoms with van der Waals surface area (Å²) in [4.78, 5) is 30.6. The van der Waals surface area contributed by atoms with Gasteiger partial charge in [-0.1, -0.05) is 12.1 Å². The van der Waals surface area contributed by atoms with E-state index in [-0.39, 0.29) is 23.3 Å². The van der Waals surface area contributed by atoms with Crippen LogP contribution in [0, 0.1) is 0 Å². The number of hydrogen-bond acceptors (Lipinski definition) is 4. The fourth-order valence-corrected chi connectivity index (χ4v) is 3.64. The van der Waals surface area contributed by atoms with Crippen molar-refractivity contribution in [1.82, 2.24) is 14.5 Å². The van der Waals surface area contributed by atoms with Crippen molar-refractivity contribution < 1.29 is 9.53 Å². The number of hydrogen-bond donors (Lipinski definition) is 1. The maximum Gasteiger partial charge on any atom is 0.323 e. The fourth-order valence-electron chi connectivity index (χ4n) is 3.64. The van der Waals surface area contributed by atoms with E-state index in [4.69, 9.17) is 4.74 Å². The van der Waals surface area contributed by atoms with E-state index in [9.17, 15) is 9.59 Å². The second-order valence-corrected chi connectivity index (χ2v) is 7.05. The van der Waals surface area contributed by atoms with Gasteiger partial charge in [-0.3, -0.25) is 10.1 Å². The Labute approximate surface area is 152 Å². The van der Waals surface area contributed by atoms with E-state index in [0.29, 0.717) is 6.54 Å². The molecule has 0 radical (unpaired) electrons. The summed E-state index contributed by atoms with van der Waals surface area (Å²) < 4.78 is 6.71. The molecule has 2 amide bonds. The number of carbonyl (C=O) groups is 1. The summed E-state index contributed by atoms with van der Waals surface area (Å²) in [5, 5.41) is 2.66. The first kappa shape index (κ1) is 18.0. The number of likely N-dealkylation sites (tertiary alicyclic amines) is 1. The number of amides is 2. The van der Waals surface area contributed by atoms with Crippen molar-refractivity contribution in [3.05, 3.63) is 52.6 Å². The quantitative estimate of drug-likeness (QED) is 0.917. The van der Waals surface area contributed by atoms with Crippen LogP contribution in [-0.4, -0.2) is 39.7 Å². The van der Waals surface area contributed by atoms with Crippen LogP contribution >= 0.6 is 0 Å². The van der Waals surface area contributed by atoms with Gasteiger partial charge in [-0.2, -0.15) is 0 Å². The number of nitrogens with one attached hydrogen (secondary N) is 1. The lowest BCUT2D eigenvalue weighted by molar-refractivity contribution is 0.171. The molecule has 7 heteroatoms. The molecule has 7 nitrogen and oxygen atoms in total. The minimum atomic E-state index is -0.406. The molecule has 3 rings (SSSR count). The van der Waals surface area contributed by atoms with Gasteiger partial charge < -0.3 is 14.2 Å². The summed E-state index contributed by atoms with van der Waals surface area (Å²) in [6, 6.07) is 7.64. The highest BCUT2D eigenvalue weighted by atomic mass is 16.5. The maximum absolute atomic E-state index is 12.8. The molecular weight excluding hydrogens is 332 g/mol. The minimum Gasteiger partial charge on any atom is -0.497 e. The Balaban J connectivity index is 1.82. The van der Waals surface area contributed by atoms with Crippen molar-refractivity contribution in [2.75, 3.05) is 19.0 Å². The zero-order chi connectivity index (χ0) is 18.9. The Bertz CT molecular complexity index is 875. The number of urea groups is 1. The molecule has 26 heavy (non-hydrogen) atoms. The lowest BCUT2D eigenvalue weighted by Gasteiger charge is -2.36. The summed E-state index contributed by atoms with van der Waals surface area (Å²) in [5.74, 6) is 1.02. The monoisotopic (exact) mass is 356 g/mol. The average Bonchev–Trinajstić information content (AvgIpc) is 2.94. The normalized spacial score (nSPS) is 18.6. The lowest BCUT2D eigenvalue weighted by atomic mass is 9.83. The molecule has 2 aromatic rings. The van der Waals surface area contributed by atoms with Crippen molar-refractivity contribution in [2.24, 2.45) is 7.05 Å². The van der Waals surface area contributed by atoms with Gasteiger partial charge in [-0.05, 0) is 38.0 Å². The lowest BCUT2D eigenvalue weighted by Crippen LogP contribution is -2.48. The number of anilines is 1. The summed E-state index contributed by atoms with van der Waals surface area (Å²) in [6.45, 7) is 4.69. The third-order valence-electron chi connectivity index (χ3n) is 5.17. The third kappa shape index (κ3) is 3.16. The summed E-state index contributed by atoms with van der Waals surface area (Å²) in [7, 11) is 3.27. The number of carbonyl (C=O) groups excluding carboxylic acids is 1. The van der Waals surface area contributed by atoms with Gasteiger partial charge in [0.2, 0.25) is 5.82 Å². The summed E-state index contributed by atoms with van der Waals surface area (Å²) in [5.41, 5.74) is 0.400. The zero-order valence-corrected chi connectivity index (χ0v) is 15.5. The molecule has 1 atom stereocenters. The van der Waals surface area contributed by atoms with Gasteiger partial charge in [-0.15, -0.1) is 0 Å². The first-order valence-electron chi connectivity index (χ1n) is 8.59. The largest absolute Gasteiger partial charge is 0.497 e. The number of aryl methyl sites for hydroxylation is 1. The first-order chi connectivity index (χ1) is 12.3. The zero-order valence-electron chi connectivity index (χ0n) is 15.5. The molecule has 1 aliphatic heterocycles. The summed E-state index contributed by atoms with van der Waals surface area (Å²) >= 11 is 0. The maximum atomic E-state index is 12.8. The number of nitrogens with zero attached hydrogens (tertiary/aromatic N) is 3. The van der Waals surface area contributed by atoms with Gasteiger partial charge in [-0.25, -0.2) is 9.78 Å². The topological polar surface area (TPSA) is 76.5 Å². The highest BCUT2D eigenvalue weighted by Crippen LogP contribution is 2.42. The average molecular weight is 356 g/mol. The molecule has 1 aromatic heterocycles. The molecule has 0 spiro atoms. The molecule has 138 valence electrons. The third-order valence-corrected chi connectivity index (χ3v) is 5.17. The van der Waals surface area contributed by atoms with E-state index in [1.165, 1.54) is 10.8 Å². The molecule has 1 aromatic carbocycles. The number of ether oxygens (including phenoxy) is 1. The molecule has 2 heterocycles. The molecule has 0 bridgehead atoms. The Morgan fingerprint density at radius 2 is 2.15 bits per heavy atom. The standard InChI is InChI=1S/C19H24N4O3/c1-19(2)15(13-6-5-7-14(12-13)26-4)8-10-23(19)18(25)21-16-17(24)22(3)11-9-20-16/h5-7,9,11-12,15H,8,10H2,1-4H3,(H,20,21,25). The minimum absolute atomic E-state index is 0.0423. The Morgan fingerprint density at radius 1 is 1.38 bits per heavy atom. The van der Waals surface area contributed by atoms with Crippen LogP contribution < -0.4 is 15.6 Å². The highest BCUT2D eigenvalue weighted by molar-refractivity contribution is 5.89. The highest BCUT2D eigenvalue weighted by Gasteiger charge is 2.44. The SMILES string of the molecule is COc1cccc(C2CCN(C(=O)Nc3nccn(C)c3=O)C2(C)C)c1. The smallest absolute Gasteiger partial charge is 0.323 e.